The van der Waals surface area contributed by atoms with Crippen molar-refractivity contribution in [3.8, 4) is 11.3 Å². The second kappa shape index (κ2) is 10.3. The first-order valence-electron chi connectivity index (χ1n) is 10.3. The van der Waals surface area contributed by atoms with Gasteiger partial charge in [-0.3, -0.25) is 14.5 Å². The number of nitrogens with zero attached hydrogens (tertiary/aromatic N) is 2. The monoisotopic (exact) mass is 483 g/mol. The van der Waals surface area contributed by atoms with Gasteiger partial charge in [-0.2, -0.15) is 0 Å². The maximum atomic E-state index is 13.1. The maximum absolute atomic E-state index is 13.1. The summed E-state index contributed by atoms with van der Waals surface area (Å²) < 4.78 is 5.74. The van der Waals surface area contributed by atoms with Crippen molar-refractivity contribution in [1.82, 2.24) is 10.3 Å². The fourth-order valence-electron chi connectivity index (χ4n) is 3.17. The Morgan fingerprint density at radius 2 is 2.10 bits per heavy atom. The van der Waals surface area contributed by atoms with Crippen LogP contribution >= 0.6 is 34.5 Å². The number of aromatic nitrogens is 1. The fraction of sp³-hybridized carbons (Fsp3) is 0.500. The molecule has 1 saturated heterocycles. The van der Waals surface area contributed by atoms with Crippen molar-refractivity contribution >= 4 is 51.5 Å². The Balaban J connectivity index is 1.75. The number of ether oxygens (including phenoxy) is 1. The molecule has 0 saturated carbocycles. The molecule has 1 aromatic carbocycles. The lowest BCUT2D eigenvalue weighted by atomic mass is 9.96. The summed E-state index contributed by atoms with van der Waals surface area (Å²) in [6, 6.07) is 5.25. The summed E-state index contributed by atoms with van der Waals surface area (Å²) in [5.74, 6) is -0.187. The van der Waals surface area contributed by atoms with Crippen molar-refractivity contribution in [1.29, 1.82) is 0 Å². The third kappa shape index (κ3) is 6.42. The highest BCUT2D eigenvalue weighted by molar-refractivity contribution is 7.14. The molecule has 2 aromatic rings. The molecular formula is C22H27Cl2N3O3S. The van der Waals surface area contributed by atoms with Crippen molar-refractivity contribution < 1.29 is 14.3 Å². The lowest BCUT2D eigenvalue weighted by molar-refractivity contribution is -0.128. The van der Waals surface area contributed by atoms with Crippen molar-refractivity contribution in [2.24, 2.45) is 5.41 Å². The molecule has 0 aliphatic carbocycles. The number of thiazole rings is 1. The number of rotatable bonds is 7. The standard InChI is InChI=1S/C22H27Cl2N3O3S/c1-22(2,3)20(29)25-9-8-19(28)27(12-15-5-4-10-30-15)21-26-18(13-31-21)16-7-6-14(23)11-17(16)24/h6-7,11,13,15H,4-5,8-10,12H2,1-3H3,(H,25,29). The van der Waals surface area contributed by atoms with Crippen molar-refractivity contribution in [3.63, 3.8) is 0 Å². The predicted molar refractivity (Wildman–Crippen MR) is 126 cm³/mol. The number of anilines is 1. The van der Waals surface area contributed by atoms with E-state index in [2.05, 4.69) is 10.3 Å². The van der Waals surface area contributed by atoms with E-state index < -0.39 is 5.41 Å². The Morgan fingerprint density at radius 3 is 2.74 bits per heavy atom. The second-order valence-electron chi connectivity index (χ2n) is 8.53. The van der Waals surface area contributed by atoms with Crippen LogP contribution < -0.4 is 10.2 Å². The number of halogens is 2. The first-order valence-corrected chi connectivity index (χ1v) is 11.9. The van der Waals surface area contributed by atoms with Crippen LogP contribution in [0.15, 0.2) is 23.6 Å². The van der Waals surface area contributed by atoms with E-state index in [9.17, 15) is 9.59 Å². The van der Waals surface area contributed by atoms with Gasteiger partial charge in [-0.05, 0) is 31.0 Å². The summed E-state index contributed by atoms with van der Waals surface area (Å²) in [7, 11) is 0. The van der Waals surface area contributed by atoms with Crippen molar-refractivity contribution in [3.05, 3.63) is 33.6 Å². The maximum Gasteiger partial charge on any atom is 0.230 e. The van der Waals surface area contributed by atoms with Crippen LogP contribution in [-0.2, 0) is 14.3 Å². The predicted octanol–water partition coefficient (Wildman–Crippen LogP) is 5.18. The summed E-state index contributed by atoms with van der Waals surface area (Å²) >= 11 is 13.7. The fourth-order valence-corrected chi connectivity index (χ4v) is 4.53. The van der Waals surface area contributed by atoms with Crippen LogP contribution in [0.2, 0.25) is 10.0 Å². The molecule has 1 unspecified atom stereocenters. The van der Waals surface area contributed by atoms with Crippen molar-refractivity contribution in [2.75, 3.05) is 24.6 Å². The zero-order chi connectivity index (χ0) is 22.6. The van der Waals surface area contributed by atoms with Gasteiger partial charge >= 0.3 is 0 Å². The lowest BCUT2D eigenvalue weighted by Gasteiger charge is -2.24. The van der Waals surface area contributed by atoms with Gasteiger partial charge in [-0.1, -0.05) is 44.0 Å². The molecular weight excluding hydrogens is 457 g/mol. The smallest absolute Gasteiger partial charge is 0.230 e. The van der Waals surface area contributed by atoms with Gasteiger partial charge < -0.3 is 10.1 Å². The highest BCUT2D eigenvalue weighted by Gasteiger charge is 2.27. The minimum atomic E-state index is -0.498. The van der Waals surface area contributed by atoms with Gasteiger partial charge in [0, 0.05) is 41.0 Å². The molecule has 1 aliphatic rings. The number of benzene rings is 1. The number of amides is 2. The normalized spacial score (nSPS) is 16.4. The van der Waals surface area contributed by atoms with Crippen LogP contribution in [0.25, 0.3) is 11.3 Å². The van der Waals surface area contributed by atoms with Gasteiger partial charge in [-0.25, -0.2) is 4.98 Å². The zero-order valence-corrected chi connectivity index (χ0v) is 20.2. The minimum absolute atomic E-state index is 0.0143. The Morgan fingerprint density at radius 1 is 1.32 bits per heavy atom. The molecule has 168 valence electrons. The Kier molecular flexibility index (Phi) is 7.97. The molecule has 0 radical (unpaired) electrons. The lowest BCUT2D eigenvalue weighted by Crippen LogP contribution is -2.41. The second-order valence-corrected chi connectivity index (χ2v) is 10.2. The van der Waals surface area contributed by atoms with Gasteiger partial charge in [0.1, 0.15) is 0 Å². The summed E-state index contributed by atoms with van der Waals surface area (Å²) in [6.45, 7) is 6.94. The van der Waals surface area contributed by atoms with Gasteiger partial charge in [0.25, 0.3) is 0 Å². The number of hydrogen-bond acceptors (Lipinski definition) is 5. The molecule has 2 heterocycles. The third-order valence-corrected chi connectivity index (χ3v) is 6.36. The number of carbonyl (C=O) groups excluding carboxylic acids is 2. The minimum Gasteiger partial charge on any atom is -0.376 e. The van der Waals surface area contributed by atoms with Gasteiger partial charge in [-0.15, -0.1) is 11.3 Å². The molecule has 1 N–H and O–H groups in total. The van der Waals surface area contributed by atoms with E-state index in [1.807, 2.05) is 32.2 Å². The molecule has 0 bridgehead atoms. The van der Waals surface area contributed by atoms with E-state index in [0.717, 1.165) is 18.4 Å². The van der Waals surface area contributed by atoms with Crippen LogP contribution in [0.1, 0.15) is 40.0 Å². The molecule has 6 nitrogen and oxygen atoms in total. The molecule has 9 heteroatoms. The molecule has 1 fully saturated rings. The SMILES string of the molecule is CC(C)(C)C(=O)NCCC(=O)N(CC1CCCO1)c1nc(-c2ccc(Cl)cc2Cl)cs1. The average molecular weight is 484 g/mol. The van der Waals surface area contributed by atoms with Gasteiger partial charge in [0.05, 0.1) is 23.4 Å². The Hall–Kier alpha value is -1.67. The summed E-state index contributed by atoms with van der Waals surface area (Å²) in [6.07, 6.45) is 2.06. The number of carbonyl (C=O) groups is 2. The Labute approximate surface area is 196 Å². The summed E-state index contributed by atoms with van der Waals surface area (Å²) in [5, 5.41) is 6.35. The van der Waals surface area contributed by atoms with Crippen molar-refractivity contribution in [2.45, 2.75) is 46.1 Å². The zero-order valence-electron chi connectivity index (χ0n) is 17.9. The van der Waals surface area contributed by atoms with E-state index in [-0.39, 0.29) is 30.9 Å². The molecule has 31 heavy (non-hydrogen) atoms. The first kappa shape index (κ1) is 24.0. The topological polar surface area (TPSA) is 71.5 Å². The average Bonchev–Trinajstić information content (AvgIpc) is 3.37. The third-order valence-electron chi connectivity index (χ3n) is 4.95. The highest BCUT2D eigenvalue weighted by Crippen LogP contribution is 2.34. The molecule has 0 spiro atoms. The van der Waals surface area contributed by atoms with Gasteiger partial charge in [0.2, 0.25) is 11.8 Å². The van der Waals surface area contributed by atoms with E-state index >= 15 is 0 Å². The van der Waals surface area contributed by atoms with Crippen LogP contribution in [0, 0.1) is 5.41 Å². The van der Waals surface area contributed by atoms with E-state index in [1.54, 1.807) is 17.0 Å². The van der Waals surface area contributed by atoms with Crippen LogP contribution in [0.4, 0.5) is 5.13 Å². The molecule has 2 amide bonds. The van der Waals surface area contributed by atoms with Crippen LogP contribution in [0.3, 0.4) is 0 Å². The van der Waals surface area contributed by atoms with Gasteiger partial charge in [0.15, 0.2) is 5.13 Å². The molecule has 1 aliphatic heterocycles. The van der Waals surface area contributed by atoms with E-state index in [4.69, 9.17) is 27.9 Å². The van der Waals surface area contributed by atoms with Crippen LogP contribution in [-0.4, -0.2) is 42.6 Å². The number of nitrogens with one attached hydrogen (secondary N) is 1. The molecule has 3 rings (SSSR count). The Bertz CT molecular complexity index is 936. The molecule has 1 aromatic heterocycles. The highest BCUT2D eigenvalue weighted by atomic mass is 35.5. The summed E-state index contributed by atoms with van der Waals surface area (Å²) in [4.78, 5) is 31.5. The number of hydrogen-bond donors (Lipinski definition) is 1. The van der Waals surface area contributed by atoms with E-state index in [1.165, 1.54) is 11.3 Å². The quantitative estimate of drug-likeness (QED) is 0.588. The summed E-state index contributed by atoms with van der Waals surface area (Å²) in [5.41, 5.74) is 0.950. The van der Waals surface area contributed by atoms with E-state index in [0.29, 0.717) is 34.0 Å². The first-order chi connectivity index (χ1) is 14.6. The largest absolute Gasteiger partial charge is 0.376 e. The van der Waals surface area contributed by atoms with Crippen LogP contribution in [0.5, 0.6) is 0 Å². The molecule has 1 atom stereocenters.